The number of halogens is 1. The maximum atomic E-state index is 12.7. The topological polar surface area (TPSA) is 43.3 Å². The van der Waals surface area contributed by atoms with Gasteiger partial charge in [0.1, 0.15) is 17.5 Å². The van der Waals surface area contributed by atoms with E-state index >= 15 is 0 Å². The predicted molar refractivity (Wildman–Crippen MR) is 97.1 cm³/mol. The molecule has 0 saturated heterocycles. The highest BCUT2D eigenvalue weighted by atomic mass is 35.5. The van der Waals surface area contributed by atoms with Gasteiger partial charge in [-0.05, 0) is 36.1 Å². The Balaban J connectivity index is 1.72. The molecule has 0 fully saturated rings. The van der Waals surface area contributed by atoms with Gasteiger partial charge in [0.15, 0.2) is 0 Å². The van der Waals surface area contributed by atoms with E-state index in [1.54, 1.807) is 11.3 Å². The van der Waals surface area contributed by atoms with Crippen LogP contribution < -0.4 is 10.1 Å². The molecule has 4 rings (SSSR count). The quantitative estimate of drug-likeness (QED) is 0.746. The summed E-state index contributed by atoms with van der Waals surface area (Å²) in [4.78, 5) is 13.9. The van der Waals surface area contributed by atoms with Gasteiger partial charge < -0.3 is 14.6 Å². The summed E-state index contributed by atoms with van der Waals surface area (Å²) < 4.78 is 8.05. The van der Waals surface area contributed by atoms with Gasteiger partial charge >= 0.3 is 0 Å². The zero-order valence-electron chi connectivity index (χ0n) is 13.2. The van der Waals surface area contributed by atoms with Crippen LogP contribution in [0.25, 0.3) is 10.9 Å². The van der Waals surface area contributed by atoms with Crippen molar-refractivity contribution in [3.63, 3.8) is 0 Å². The number of hydrogen-bond donors (Lipinski definition) is 1. The molecule has 0 bridgehead atoms. The van der Waals surface area contributed by atoms with Crippen molar-refractivity contribution < 1.29 is 9.53 Å². The summed E-state index contributed by atoms with van der Waals surface area (Å²) in [5, 5.41) is 6.51. The van der Waals surface area contributed by atoms with Gasteiger partial charge in [0.25, 0.3) is 5.91 Å². The number of nitrogens with one attached hydrogen (secondary N) is 1. The van der Waals surface area contributed by atoms with Crippen LogP contribution in [-0.4, -0.2) is 16.6 Å². The molecular formula is C18H17ClN2O2S. The van der Waals surface area contributed by atoms with Crippen molar-refractivity contribution in [2.45, 2.75) is 32.5 Å². The number of amides is 1. The molecule has 1 amide bonds. The third-order valence-corrected chi connectivity index (χ3v) is 5.55. The number of benzene rings is 1. The first-order valence-corrected chi connectivity index (χ1v) is 9.22. The minimum Gasteiger partial charge on any atom is -0.486 e. The highest BCUT2D eigenvalue weighted by Gasteiger charge is 2.26. The number of carbonyl (C=O) groups excluding carboxylic acids is 1. The van der Waals surface area contributed by atoms with Crippen LogP contribution in [0.3, 0.4) is 0 Å². The van der Waals surface area contributed by atoms with Crippen LogP contribution in [0.15, 0.2) is 35.7 Å². The van der Waals surface area contributed by atoms with Gasteiger partial charge in [-0.15, -0.1) is 11.3 Å². The van der Waals surface area contributed by atoms with Crippen LogP contribution in [0, 0.1) is 0 Å². The molecule has 1 aliphatic heterocycles. The Morgan fingerprint density at radius 2 is 2.33 bits per heavy atom. The van der Waals surface area contributed by atoms with E-state index in [1.165, 1.54) is 0 Å². The zero-order valence-corrected chi connectivity index (χ0v) is 14.8. The summed E-state index contributed by atoms with van der Waals surface area (Å²) in [5.41, 5.74) is 1.55. The molecule has 2 aromatic heterocycles. The normalized spacial score (nSPS) is 16.2. The predicted octanol–water partition coefficient (Wildman–Crippen LogP) is 4.46. The van der Waals surface area contributed by atoms with Crippen molar-refractivity contribution in [1.29, 1.82) is 0 Å². The second-order valence-electron chi connectivity index (χ2n) is 5.86. The third kappa shape index (κ3) is 2.58. The Morgan fingerprint density at radius 3 is 3.08 bits per heavy atom. The summed E-state index contributed by atoms with van der Waals surface area (Å²) in [6.45, 7) is 3.28. The van der Waals surface area contributed by atoms with Crippen molar-refractivity contribution in [3.8, 4) is 5.75 Å². The maximum absolute atomic E-state index is 12.7. The third-order valence-electron chi connectivity index (χ3n) is 4.34. The van der Waals surface area contributed by atoms with Crippen molar-refractivity contribution in [2.75, 3.05) is 0 Å². The second-order valence-corrected chi connectivity index (χ2v) is 7.30. The lowest BCUT2D eigenvalue weighted by Gasteiger charge is -2.26. The van der Waals surface area contributed by atoms with E-state index in [-0.39, 0.29) is 12.0 Å². The van der Waals surface area contributed by atoms with Crippen molar-refractivity contribution >= 4 is 39.7 Å². The molecule has 0 aliphatic carbocycles. The van der Waals surface area contributed by atoms with E-state index < -0.39 is 0 Å². The van der Waals surface area contributed by atoms with Crippen molar-refractivity contribution in [1.82, 2.24) is 9.88 Å². The Bertz CT molecular complexity index is 902. The number of thiophene rings is 1. The standard InChI is InChI=1S/C18H17ClN2O2S/c1-2-11-10-21-15(18(22)20-9-12-4-3-7-24-12)8-13-14(19)5-6-16(23-11)17(13)21/h3-8,11H,2,9-10H2,1H3,(H,20,22)/t11-/m1/s1. The van der Waals surface area contributed by atoms with E-state index in [9.17, 15) is 4.79 Å². The molecule has 0 unspecified atom stereocenters. The Hall–Kier alpha value is -1.98. The average Bonchev–Trinajstić information content (AvgIpc) is 3.24. The molecule has 3 aromatic rings. The fourth-order valence-corrected chi connectivity index (χ4v) is 3.94. The van der Waals surface area contributed by atoms with Crippen LogP contribution >= 0.6 is 22.9 Å². The van der Waals surface area contributed by atoms with Crippen LogP contribution in [-0.2, 0) is 13.1 Å². The van der Waals surface area contributed by atoms with Crippen molar-refractivity contribution in [3.05, 3.63) is 51.3 Å². The number of ether oxygens (including phenoxy) is 1. The number of rotatable bonds is 4. The molecular weight excluding hydrogens is 344 g/mol. The number of hydrogen-bond acceptors (Lipinski definition) is 3. The van der Waals surface area contributed by atoms with Crippen molar-refractivity contribution in [2.24, 2.45) is 0 Å². The Morgan fingerprint density at radius 1 is 1.46 bits per heavy atom. The first-order valence-electron chi connectivity index (χ1n) is 7.96. The van der Waals surface area contributed by atoms with E-state index in [2.05, 4.69) is 12.2 Å². The summed E-state index contributed by atoms with van der Waals surface area (Å²) in [6.07, 6.45) is 0.955. The number of nitrogens with zero attached hydrogens (tertiary/aromatic N) is 1. The summed E-state index contributed by atoms with van der Waals surface area (Å²) in [6, 6.07) is 9.58. The van der Waals surface area contributed by atoms with E-state index in [0.717, 1.165) is 28.0 Å². The molecule has 24 heavy (non-hydrogen) atoms. The van der Waals surface area contributed by atoms with Crippen LogP contribution in [0.5, 0.6) is 5.75 Å². The SMILES string of the molecule is CC[C@@H]1Cn2c(C(=O)NCc3cccs3)cc3c(Cl)ccc(c32)O1. The van der Waals surface area contributed by atoms with Gasteiger partial charge in [-0.2, -0.15) is 0 Å². The van der Waals surface area contributed by atoms with Gasteiger partial charge in [-0.25, -0.2) is 0 Å². The fourth-order valence-electron chi connectivity index (χ4n) is 3.09. The molecule has 0 spiro atoms. The second kappa shape index (κ2) is 6.15. The Kier molecular flexibility index (Phi) is 3.98. The maximum Gasteiger partial charge on any atom is 0.268 e. The van der Waals surface area contributed by atoms with Gasteiger partial charge in [0.05, 0.1) is 23.6 Å². The minimum absolute atomic E-state index is 0.0677. The molecule has 3 heterocycles. The minimum atomic E-state index is -0.0848. The van der Waals surface area contributed by atoms with E-state index in [4.69, 9.17) is 16.3 Å². The molecule has 1 N–H and O–H groups in total. The molecule has 0 radical (unpaired) electrons. The number of carbonyl (C=O) groups is 1. The van der Waals surface area contributed by atoms with E-state index in [0.29, 0.717) is 23.8 Å². The highest BCUT2D eigenvalue weighted by Crippen LogP contribution is 2.38. The number of aromatic nitrogens is 1. The van der Waals surface area contributed by atoms with Crippen LogP contribution in [0.4, 0.5) is 0 Å². The molecule has 6 heteroatoms. The van der Waals surface area contributed by atoms with Crippen LogP contribution in [0.1, 0.15) is 28.7 Å². The largest absolute Gasteiger partial charge is 0.486 e. The lowest BCUT2D eigenvalue weighted by Crippen LogP contribution is -2.31. The average molecular weight is 361 g/mol. The molecule has 0 saturated carbocycles. The lowest BCUT2D eigenvalue weighted by molar-refractivity contribution is 0.0935. The summed E-state index contributed by atoms with van der Waals surface area (Å²) >= 11 is 7.96. The van der Waals surface area contributed by atoms with Gasteiger partial charge in [0, 0.05) is 10.3 Å². The fraction of sp³-hybridized carbons (Fsp3) is 0.278. The molecule has 124 valence electrons. The summed E-state index contributed by atoms with van der Waals surface area (Å²) in [5.74, 6) is 0.711. The van der Waals surface area contributed by atoms with Gasteiger partial charge in [-0.3, -0.25) is 4.79 Å². The lowest BCUT2D eigenvalue weighted by atomic mass is 10.2. The Labute approximate surface area is 149 Å². The highest BCUT2D eigenvalue weighted by molar-refractivity contribution is 7.09. The summed E-state index contributed by atoms with van der Waals surface area (Å²) in [7, 11) is 0. The molecule has 1 atom stereocenters. The molecule has 4 nitrogen and oxygen atoms in total. The van der Waals surface area contributed by atoms with E-state index in [1.807, 2.05) is 40.3 Å². The van der Waals surface area contributed by atoms with Gasteiger partial charge in [0.2, 0.25) is 0 Å². The zero-order chi connectivity index (χ0) is 16.7. The van der Waals surface area contributed by atoms with Gasteiger partial charge in [-0.1, -0.05) is 24.6 Å². The molecule has 1 aromatic carbocycles. The first kappa shape index (κ1) is 15.5. The molecule has 1 aliphatic rings. The monoisotopic (exact) mass is 360 g/mol. The smallest absolute Gasteiger partial charge is 0.268 e. The first-order chi connectivity index (χ1) is 11.7. The van der Waals surface area contributed by atoms with Crippen LogP contribution in [0.2, 0.25) is 5.02 Å².